The highest BCUT2D eigenvalue weighted by Crippen LogP contribution is 2.37. The molecule has 0 unspecified atom stereocenters. The molecule has 1 heterocycles. The van der Waals surface area contributed by atoms with Crippen LogP contribution in [0.1, 0.15) is 23.0 Å². The summed E-state index contributed by atoms with van der Waals surface area (Å²) in [4.78, 5) is 11.7. The van der Waals surface area contributed by atoms with Crippen LogP contribution < -0.4 is 0 Å². The van der Waals surface area contributed by atoms with Crippen molar-refractivity contribution >= 4 is 5.97 Å². The summed E-state index contributed by atoms with van der Waals surface area (Å²) >= 11 is 0. The zero-order chi connectivity index (χ0) is 15.6. The number of aromatic nitrogens is 1. The van der Waals surface area contributed by atoms with Crippen LogP contribution in [0.5, 0.6) is 0 Å². The summed E-state index contributed by atoms with van der Waals surface area (Å²) in [5.41, 5.74) is -0.117. The lowest BCUT2D eigenvalue weighted by Crippen LogP contribution is -2.08. The monoisotopic (exact) mass is 297 g/mol. The summed E-state index contributed by atoms with van der Waals surface area (Å²) in [5, 5.41) is 0. The lowest BCUT2D eigenvalue weighted by molar-refractivity contribution is -0.137. The minimum absolute atomic E-state index is 0.0438. The van der Waals surface area contributed by atoms with Crippen molar-refractivity contribution in [3.8, 4) is 11.1 Å². The maximum Gasteiger partial charge on any atom is 0.417 e. The molecule has 0 atom stereocenters. The predicted octanol–water partition coefficient (Wildman–Crippen LogP) is 3.98. The molecule has 1 aromatic carbocycles. The molecule has 112 valence electrons. The Hall–Kier alpha value is -2.24. The number of esters is 1. The fraction of sp³-hybridized carbons (Fsp3) is 0.267. The maximum absolute atomic E-state index is 13.0. The number of aryl methyl sites for hydroxylation is 1. The van der Waals surface area contributed by atoms with Gasteiger partial charge >= 0.3 is 12.1 Å². The summed E-state index contributed by atoms with van der Waals surface area (Å²) in [7, 11) is 1.23. The van der Waals surface area contributed by atoms with Crippen LogP contribution in [0.15, 0.2) is 36.5 Å². The second kappa shape index (κ2) is 5.63. The first kappa shape index (κ1) is 15.2. The van der Waals surface area contributed by atoms with Crippen molar-refractivity contribution in [3.05, 3.63) is 47.8 Å². The fourth-order valence-corrected chi connectivity index (χ4v) is 2.18. The van der Waals surface area contributed by atoms with E-state index in [0.717, 1.165) is 6.07 Å². The van der Waals surface area contributed by atoms with Crippen molar-refractivity contribution in [2.75, 3.05) is 7.11 Å². The average molecular weight is 297 g/mol. The molecule has 0 aliphatic heterocycles. The minimum atomic E-state index is -4.45. The van der Waals surface area contributed by atoms with Gasteiger partial charge in [-0.2, -0.15) is 13.2 Å². The average Bonchev–Trinajstić information content (AvgIpc) is 2.89. The van der Waals surface area contributed by atoms with Crippen LogP contribution in [0, 0.1) is 0 Å². The van der Waals surface area contributed by atoms with Crippen LogP contribution in [0.3, 0.4) is 0 Å². The van der Waals surface area contributed by atoms with E-state index in [9.17, 15) is 18.0 Å². The quantitative estimate of drug-likeness (QED) is 0.802. The summed E-state index contributed by atoms with van der Waals surface area (Å²) < 4.78 is 45.4. The van der Waals surface area contributed by atoms with Gasteiger partial charge in [0.2, 0.25) is 0 Å². The molecule has 0 bridgehead atoms. The molecule has 0 saturated heterocycles. The van der Waals surface area contributed by atoms with E-state index in [0.29, 0.717) is 12.1 Å². The van der Waals surface area contributed by atoms with Crippen molar-refractivity contribution in [1.82, 2.24) is 4.57 Å². The van der Waals surface area contributed by atoms with Crippen LogP contribution in [0.25, 0.3) is 11.1 Å². The van der Waals surface area contributed by atoms with Gasteiger partial charge in [-0.15, -0.1) is 0 Å². The Kier molecular flexibility index (Phi) is 4.06. The van der Waals surface area contributed by atoms with Crippen LogP contribution in [0.2, 0.25) is 0 Å². The molecular weight excluding hydrogens is 283 g/mol. The molecule has 0 spiro atoms. The Bertz CT molecular complexity index is 659. The van der Waals surface area contributed by atoms with E-state index in [4.69, 9.17) is 0 Å². The normalized spacial score (nSPS) is 11.5. The fourth-order valence-electron chi connectivity index (χ4n) is 2.18. The van der Waals surface area contributed by atoms with Gasteiger partial charge in [0.25, 0.3) is 0 Å². The lowest BCUT2D eigenvalue weighted by atomic mass is 10.0. The van der Waals surface area contributed by atoms with Gasteiger partial charge < -0.3 is 9.30 Å². The lowest BCUT2D eigenvalue weighted by Gasteiger charge is -2.11. The van der Waals surface area contributed by atoms with Gasteiger partial charge in [0.05, 0.1) is 12.7 Å². The highest BCUT2D eigenvalue weighted by Gasteiger charge is 2.33. The number of halogens is 3. The molecule has 0 aliphatic rings. The molecule has 0 saturated carbocycles. The number of benzene rings is 1. The zero-order valence-electron chi connectivity index (χ0n) is 11.6. The van der Waals surface area contributed by atoms with Crippen LogP contribution in [0.4, 0.5) is 13.2 Å². The first-order chi connectivity index (χ1) is 9.88. The van der Waals surface area contributed by atoms with Gasteiger partial charge in [0, 0.05) is 18.3 Å². The maximum atomic E-state index is 13.0. The van der Waals surface area contributed by atoms with Gasteiger partial charge in [-0.3, -0.25) is 0 Å². The van der Waals surface area contributed by atoms with Crippen molar-refractivity contribution in [2.24, 2.45) is 0 Å². The molecule has 3 nitrogen and oxygen atoms in total. The van der Waals surface area contributed by atoms with Gasteiger partial charge in [-0.1, -0.05) is 18.2 Å². The first-order valence-corrected chi connectivity index (χ1v) is 6.33. The Balaban J connectivity index is 2.58. The third kappa shape index (κ3) is 2.94. The van der Waals surface area contributed by atoms with Gasteiger partial charge in [0.1, 0.15) is 5.69 Å². The number of alkyl halides is 3. The Morgan fingerprint density at radius 2 is 1.95 bits per heavy atom. The molecule has 0 fully saturated rings. The smallest absolute Gasteiger partial charge is 0.417 e. The second-order valence-electron chi connectivity index (χ2n) is 4.43. The molecule has 2 rings (SSSR count). The standard InChI is InChI=1S/C15H14F3NO2/c1-3-19-9-10(8-13(19)14(20)21-2)11-6-4-5-7-12(11)15(16,17)18/h4-9H,3H2,1-2H3. The molecule has 6 heteroatoms. The highest BCUT2D eigenvalue weighted by atomic mass is 19.4. The van der Waals surface area contributed by atoms with E-state index < -0.39 is 17.7 Å². The molecule has 21 heavy (non-hydrogen) atoms. The molecule has 0 N–H and O–H groups in total. The number of hydrogen-bond donors (Lipinski definition) is 0. The van der Waals surface area contributed by atoms with Crippen molar-refractivity contribution in [3.63, 3.8) is 0 Å². The van der Waals surface area contributed by atoms with E-state index in [1.54, 1.807) is 11.5 Å². The number of ether oxygens (including phenoxy) is 1. The highest BCUT2D eigenvalue weighted by molar-refractivity contribution is 5.90. The number of methoxy groups -OCH3 is 1. The van der Waals surface area contributed by atoms with Crippen LogP contribution in [-0.4, -0.2) is 17.6 Å². The van der Waals surface area contributed by atoms with Gasteiger partial charge in [-0.25, -0.2) is 4.79 Å². The minimum Gasteiger partial charge on any atom is -0.464 e. The molecule has 0 radical (unpaired) electrons. The first-order valence-electron chi connectivity index (χ1n) is 6.33. The number of rotatable bonds is 3. The molecular formula is C15H14F3NO2. The van der Waals surface area contributed by atoms with Crippen molar-refractivity contribution in [2.45, 2.75) is 19.6 Å². The molecule has 1 aromatic heterocycles. The van der Waals surface area contributed by atoms with E-state index in [-0.39, 0.29) is 11.3 Å². The molecule has 0 amide bonds. The summed E-state index contributed by atoms with van der Waals surface area (Å²) in [6.45, 7) is 2.25. The Morgan fingerprint density at radius 3 is 2.52 bits per heavy atom. The zero-order valence-corrected chi connectivity index (χ0v) is 11.6. The Morgan fingerprint density at radius 1 is 1.29 bits per heavy atom. The van der Waals surface area contributed by atoms with Gasteiger partial charge in [0.15, 0.2) is 0 Å². The summed E-state index contributed by atoms with van der Waals surface area (Å²) in [6.07, 6.45) is -2.92. The number of nitrogens with zero attached hydrogens (tertiary/aromatic N) is 1. The summed E-state index contributed by atoms with van der Waals surface area (Å²) in [5.74, 6) is -0.576. The van der Waals surface area contributed by atoms with E-state index in [1.807, 2.05) is 0 Å². The van der Waals surface area contributed by atoms with Crippen molar-refractivity contribution < 1.29 is 22.7 Å². The Labute approximate surface area is 120 Å². The SMILES string of the molecule is CCn1cc(-c2ccccc2C(F)(F)F)cc1C(=O)OC. The topological polar surface area (TPSA) is 31.2 Å². The van der Waals surface area contributed by atoms with Crippen LogP contribution in [-0.2, 0) is 17.5 Å². The second-order valence-corrected chi connectivity index (χ2v) is 4.43. The summed E-state index contributed by atoms with van der Waals surface area (Å²) in [6, 6.07) is 6.70. The largest absolute Gasteiger partial charge is 0.464 e. The van der Waals surface area contributed by atoms with E-state index in [2.05, 4.69) is 4.74 Å². The number of carbonyl (C=O) groups excluding carboxylic acids is 1. The van der Waals surface area contributed by atoms with Crippen molar-refractivity contribution in [1.29, 1.82) is 0 Å². The third-order valence-corrected chi connectivity index (χ3v) is 3.18. The molecule has 2 aromatic rings. The number of hydrogen-bond acceptors (Lipinski definition) is 2. The predicted molar refractivity (Wildman–Crippen MR) is 71.9 cm³/mol. The van der Waals surface area contributed by atoms with Crippen LogP contribution >= 0.6 is 0 Å². The van der Waals surface area contributed by atoms with E-state index >= 15 is 0 Å². The van der Waals surface area contributed by atoms with Gasteiger partial charge in [-0.05, 0) is 24.6 Å². The third-order valence-electron chi connectivity index (χ3n) is 3.18. The molecule has 0 aliphatic carbocycles. The van der Waals surface area contributed by atoms with E-state index in [1.165, 1.54) is 37.6 Å². The number of carbonyl (C=O) groups is 1.